The fourth-order valence-electron chi connectivity index (χ4n) is 2.92. The van der Waals surface area contributed by atoms with Gasteiger partial charge in [0.1, 0.15) is 5.82 Å². The van der Waals surface area contributed by atoms with E-state index in [0.717, 1.165) is 40.1 Å². The lowest BCUT2D eigenvalue weighted by molar-refractivity contribution is 0.580. The highest BCUT2D eigenvalue weighted by atomic mass is 32.2. The fraction of sp³-hybridized carbons (Fsp3) is 0.0476. The van der Waals surface area contributed by atoms with Gasteiger partial charge in [0.25, 0.3) is 0 Å². The predicted molar refractivity (Wildman–Crippen MR) is 108 cm³/mol. The van der Waals surface area contributed by atoms with Gasteiger partial charge in [0.15, 0.2) is 0 Å². The monoisotopic (exact) mass is 408 g/mol. The van der Waals surface area contributed by atoms with Crippen molar-refractivity contribution in [1.82, 2.24) is 19.9 Å². The van der Waals surface area contributed by atoms with Crippen molar-refractivity contribution in [2.24, 2.45) is 0 Å². The van der Waals surface area contributed by atoms with Gasteiger partial charge in [0.2, 0.25) is 10.0 Å². The number of nitrogens with one attached hydrogen (secondary N) is 2. The molecule has 6 nitrogen and oxygen atoms in total. The van der Waals surface area contributed by atoms with Crippen LogP contribution in [-0.2, 0) is 16.6 Å². The number of H-pyrrole nitrogens is 1. The predicted octanol–water partition coefficient (Wildman–Crippen LogP) is 3.76. The molecule has 146 valence electrons. The van der Waals surface area contributed by atoms with E-state index in [-0.39, 0.29) is 11.4 Å². The smallest absolute Gasteiger partial charge is 0.240 e. The van der Waals surface area contributed by atoms with Crippen molar-refractivity contribution in [2.45, 2.75) is 11.4 Å². The Balaban J connectivity index is 1.49. The molecule has 4 rings (SSSR count). The average molecular weight is 408 g/mol. The number of halogens is 1. The molecule has 0 aliphatic rings. The summed E-state index contributed by atoms with van der Waals surface area (Å²) in [7, 11) is -3.71. The van der Waals surface area contributed by atoms with Gasteiger partial charge in [-0.25, -0.2) is 17.5 Å². The van der Waals surface area contributed by atoms with E-state index in [1.165, 1.54) is 12.1 Å². The zero-order valence-corrected chi connectivity index (χ0v) is 16.0. The van der Waals surface area contributed by atoms with Gasteiger partial charge < -0.3 is 0 Å². The fourth-order valence-corrected chi connectivity index (χ4v) is 3.94. The quantitative estimate of drug-likeness (QED) is 0.509. The highest BCUT2D eigenvalue weighted by Gasteiger charge is 2.14. The third kappa shape index (κ3) is 4.23. The van der Waals surface area contributed by atoms with Gasteiger partial charge in [-0.15, -0.1) is 0 Å². The lowest BCUT2D eigenvalue weighted by atomic mass is 10.0. The molecule has 0 saturated heterocycles. The van der Waals surface area contributed by atoms with E-state index in [2.05, 4.69) is 19.9 Å². The molecule has 2 aromatic carbocycles. The summed E-state index contributed by atoms with van der Waals surface area (Å²) in [6, 6.07) is 16.0. The van der Waals surface area contributed by atoms with Crippen LogP contribution in [0.2, 0.25) is 0 Å². The maximum absolute atomic E-state index is 13.0. The number of aromatic nitrogens is 3. The van der Waals surface area contributed by atoms with E-state index in [9.17, 15) is 12.8 Å². The van der Waals surface area contributed by atoms with Crippen LogP contribution in [0.3, 0.4) is 0 Å². The summed E-state index contributed by atoms with van der Waals surface area (Å²) in [6.07, 6.45) is 5.21. The zero-order chi connectivity index (χ0) is 20.3. The SMILES string of the molecule is O=S(=O)(NCc1ccc(-c2[nH]ncc2-c2ccncc2)cc1)c1ccc(F)cc1. The standard InChI is InChI=1S/C21H17FN4O2S/c22-18-5-7-19(8-6-18)29(27,28)25-13-15-1-3-17(4-2-15)21-20(14-24-26-21)16-9-11-23-12-10-16/h1-12,14,25H,13H2,(H,24,26). The van der Waals surface area contributed by atoms with E-state index in [1.54, 1.807) is 18.6 Å². The Labute approximate surface area is 167 Å². The second-order valence-corrected chi connectivity index (χ2v) is 8.14. The molecule has 29 heavy (non-hydrogen) atoms. The minimum Gasteiger partial charge on any atom is -0.277 e. The van der Waals surface area contributed by atoms with Crippen LogP contribution in [0.1, 0.15) is 5.56 Å². The Morgan fingerprint density at radius 1 is 0.897 bits per heavy atom. The molecular formula is C21H17FN4O2S. The molecule has 2 aromatic heterocycles. The molecule has 0 spiro atoms. The number of rotatable bonds is 6. The molecule has 2 N–H and O–H groups in total. The van der Waals surface area contributed by atoms with Crippen LogP contribution in [0.5, 0.6) is 0 Å². The van der Waals surface area contributed by atoms with Crippen molar-refractivity contribution >= 4 is 10.0 Å². The molecule has 0 aliphatic heterocycles. The first-order valence-electron chi connectivity index (χ1n) is 8.81. The van der Waals surface area contributed by atoms with Gasteiger partial charge in [0, 0.05) is 30.1 Å². The van der Waals surface area contributed by atoms with Crippen LogP contribution in [0, 0.1) is 5.82 Å². The molecule has 0 saturated carbocycles. The van der Waals surface area contributed by atoms with Gasteiger partial charge in [0.05, 0.1) is 16.8 Å². The summed E-state index contributed by atoms with van der Waals surface area (Å²) in [5, 5.41) is 7.15. The number of nitrogens with zero attached hydrogens (tertiary/aromatic N) is 2. The van der Waals surface area contributed by atoms with Gasteiger partial charge in [-0.1, -0.05) is 24.3 Å². The number of sulfonamides is 1. The first kappa shape index (κ1) is 19.0. The lowest BCUT2D eigenvalue weighted by Gasteiger charge is -2.08. The first-order valence-corrected chi connectivity index (χ1v) is 10.3. The van der Waals surface area contributed by atoms with Crippen LogP contribution < -0.4 is 4.72 Å². The van der Waals surface area contributed by atoms with E-state index >= 15 is 0 Å². The molecule has 0 aliphatic carbocycles. The van der Waals surface area contributed by atoms with E-state index in [0.29, 0.717) is 0 Å². The second-order valence-electron chi connectivity index (χ2n) is 6.37. The normalized spacial score (nSPS) is 11.5. The van der Waals surface area contributed by atoms with Crippen molar-refractivity contribution in [3.05, 3.63) is 90.6 Å². The van der Waals surface area contributed by atoms with Crippen LogP contribution in [0.4, 0.5) is 4.39 Å². The summed E-state index contributed by atoms with van der Waals surface area (Å²) < 4.78 is 40.2. The van der Waals surface area contributed by atoms with Gasteiger partial charge in [-0.3, -0.25) is 10.1 Å². The Kier molecular flexibility index (Phi) is 5.20. The molecule has 0 amide bonds. The van der Waals surface area contributed by atoms with Crippen molar-refractivity contribution in [3.8, 4) is 22.4 Å². The molecule has 0 fully saturated rings. The minimum atomic E-state index is -3.71. The zero-order valence-electron chi connectivity index (χ0n) is 15.2. The number of hydrogen-bond acceptors (Lipinski definition) is 4. The summed E-state index contributed by atoms with van der Waals surface area (Å²) in [5.74, 6) is -0.482. The van der Waals surface area contributed by atoms with Crippen LogP contribution in [0.15, 0.2) is 84.1 Å². The van der Waals surface area contributed by atoms with Crippen molar-refractivity contribution in [3.63, 3.8) is 0 Å². The maximum atomic E-state index is 13.0. The number of pyridine rings is 1. The van der Waals surface area contributed by atoms with E-state index < -0.39 is 15.8 Å². The van der Waals surface area contributed by atoms with Crippen molar-refractivity contribution in [1.29, 1.82) is 0 Å². The molecule has 0 radical (unpaired) electrons. The number of hydrogen-bond donors (Lipinski definition) is 2. The second kappa shape index (κ2) is 7.94. The molecule has 0 bridgehead atoms. The third-order valence-electron chi connectivity index (χ3n) is 4.46. The maximum Gasteiger partial charge on any atom is 0.240 e. The van der Waals surface area contributed by atoms with Crippen LogP contribution in [0.25, 0.3) is 22.4 Å². The summed E-state index contributed by atoms with van der Waals surface area (Å²) >= 11 is 0. The highest BCUT2D eigenvalue weighted by Crippen LogP contribution is 2.29. The average Bonchev–Trinajstić information content (AvgIpc) is 3.24. The Bertz CT molecular complexity index is 1210. The molecular weight excluding hydrogens is 391 g/mol. The summed E-state index contributed by atoms with van der Waals surface area (Å²) in [4.78, 5) is 4.05. The van der Waals surface area contributed by atoms with Crippen molar-refractivity contribution < 1.29 is 12.8 Å². The number of benzene rings is 2. The molecule has 4 aromatic rings. The van der Waals surface area contributed by atoms with Gasteiger partial charge in [-0.2, -0.15) is 5.10 Å². The Hall–Kier alpha value is -3.36. The van der Waals surface area contributed by atoms with E-state index in [4.69, 9.17) is 0 Å². The molecule has 0 atom stereocenters. The summed E-state index contributed by atoms with van der Waals surface area (Å²) in [5.41, 5.74) is 4.55. The van der Waals surface area contributed by atoms with Crippen LogP contribution in [-0.4, -0.2) is 23.6 Å². The molecule has 2 heterocycles. The van der Waals surface area contributed by atoms with Crippen LogP contribution >= 0.6 is 0 Å². The lowest BCUT2D eigenvalue weighted by Crippen LogP contribution is -2.23. The Morgan fingerprint density at radius 3 is 2.28 bits per heavy atom. The first-order chi connectivity index (χ1) is 14.0. The topological polar surface area (TPSA) is 87.7 Å². The third-order valence-corrected chi connectivity index (χ3v) is 5.88. The number of aromatic amines is 1. The molecule has 8 heteroatoms. The largest absolute Gasteiger partial charge is 0.277 e. The Morgan fingerprint density at radius 2 is 1.59 bits per heavy atom. The van der Waals surface area contributed by atoms with Crippen molar-refractivity contribution in [2.75, 3.05) is 0 Å². The van der Waals surface area contributed by atoms with Gasteiger partial charge >= 0.3 is 0 Å². The molecule has 0 unspecified atom stereocenters. The van der Waals surface area contributed by atoms with Gasteiger partial charge in [-0.05, 0) is 47.5 Å². The highest BCUT2D eigenvalue weighted by molar-refractivity contribution is 7.89. The summed E-state index contributed by atoms with van der Waals surface area (Å²) in [6.45, 7) is 0.125. The van der Waals surface area contributed by atoms with E-state index in [1.807, 2.05) is 36.4 Å². The minimum absolute atomic E-state index is 0.0231.